The molecule has 0 radical (unpaired) electrons. The second-order valence-electron chi connectivity index (χ2n) is 5.50. The highest BCUT2D eigenvalue weighted by molar-refractivity contribution is 6.30. The van der Waals surface area contributed by atoms with Gasteiger partial charge in [-0.15, -0.1) is 0 Å². The van der Waals surface area contributed by atoms with Gasteiger partial charge in [-0.2, -0.15) is 0 Å². The molecule has 1 heterocycles. The highest BCUT2D eigenvalue weighted by Crippen LogP contribution is 2.33. The molecule has 114 valence electrons. The molecule has 0 saturated heterocycles. The molecule has 1 aliphatic heterocycles. The van der Waals surface area contributed by atoms with Gasteiger partial charge in [0, 0.05) is 17.3 Å². The van der Waals surface area contributed by atoms with Gasteiger partial charge in [-0.1, -0.05) is 49.2 Å². The summed E-state index contributed by atoms with van der Waals surface area (Å²) in [5, 5.41) is 4.16. The Morgan fingerprint density at radius 2 is 2.00 bits per heavy atom. The van der Waals surface area contributed by atoms with Gasteiger partial charge < -0.3 is 10.2 Å². The topological polar surface area (TPSA) is 32.3 Å². The van der Waals surface area contributed by atoms with Crippen LogP contribution in [0.3, 0.4) is 0 Å². The Kier molecular flexibility index (Phi) is 4.34. The van der Waals surface area contributed by atoms with Crippen LogP contribution in [-0.4, -0.2) is 17.4 Å². The van der Waals surface area contributed by atoms with Gasteiger partial charge in [0.15, 0.2) is 0 Å². The molecule has 1 N–H and O–H groups in total. The highest BCUT2D eigenvalue weighted by Gasteiger charge is 2.32. The predicted octanol–water partition coefficient (Wildman–Crippen LogP) is 4.71. The quantitative estimate of drug-likeness (QED) is 0.886. The Morgan fingerprint density at radius 3 is 2.77 bits per heavy atom. The maximum atomic E-state index is 12.8. The van der Waals surface area contributed by atoms with Crippen LogP contribution in [0.25, 0.3) is 0 Å². The summed E-state index contributed by atoms with van der Waals surface area (Å²) in [5.41, 5.74) is 2.62. The second kappa shape index (κ2) is 6.41. The number of nitrogens with zero attached hydrogens (tertiary/aromatic N) is 1. The third kappa shape index (κ3) is 2.81. The van der Waals surface area contributed by atoms with Crippen LogP contribution in [0.5, 0.6) is 0 Å². The average molecular weight is 315 g/mol. The third-order valence-electron chi connectivity index (χ3n) is 3.94. The van der Waals surface area contributed by atoms with E-state index in [9.17, 15) is 4.79 Å². The number of hydrogen-bond donors (Lipinski definition) is 1. The van der Waals surface area contributed by atoms with Crippen LogP contribution in [0.15, 0.2) is 48.5 Å². The normalized spacial score (nSPS) is 17.1. The molecule has 22 heavy (non-hydrogen) atoms. The minimum Gasteiger partial charge on any atom is -0.361 e. The van der Waals surface area contributed by atoms with Crippen LogP contribution in [-0.2, 0) is 0 Å². The number of carbonyl (C=O) groups is 1. The van der Waals surface area contributed by atoms with E-state index >= 15 is 0 Å². The number of nitrogens with one attached hydrogen (secondary N) is 1. The standard InChI is InChI=1S/C18H19ClN2O/c1-2-3-11-21-17(13-7-6-8-14(19)12-13)20-16-10-5-4-9-15(16)18(21)22/h4-10,12,17,20H,2-3,11H2,1H3. The number of rotatable bonds is 4. The fraction of sp³-hybridized carbons (Fsp3) is 0.278. The molecule has 0 spiro atoms. The summed E-state index contributed by atoms with van der Waals surface area (Å²) >= 11 is 6.12. The molecule has 0 fully saturated rings. The molecule has 3 rings (SSSR count). The summed E-state index contributed by atoms with van der Waals surface area (Å²) in [5.74, 6) is 0.0766. The molecule has 4 heteroatoms. The van der Waals surface area contributed by atoms with Crippen molar-refractivity contribution in [3.8, 4) is 0 Å². The zero-order chi connectivity index (χ0) is 15.5. The van der Waals surface area contributed by atoms with E-state index in [1.54, 1.807) is 0 Å². The van der Waals surface area contributed by atoms with Crippen molar-refractivity contribution >= 4 is 23.2 Å². The van der Waals surface area contributed by atoms with E-state index in [-0.39, 0.29) is 12.1 Å². The molecule has 0 bridgehead atoms. The SMILES string of the molecule is CCCCN1C(=O)c2ccccc2NC1c1cccc(Cl)c1. The first-order valence-electron chi connectivity index (χ1n) is 7.62. The first kappa shape index (κ1) is 14.9. The maximum absolute atomic E-state index is 12.8. The molecule has 2 aromatic rings. The Hall–Kier alpha value is -2.00. The molecule has 2 aromatic carbocycles. The van der Waals surface area contributed by atoms with E-state index in [0.717, 1.165) is 36.2 Å². The number of carbonyl (C=O) groups excluding carboxylic acids is 1. The van der Waals surface area contributed by atoms with Crippen LogP contribution in [0.2, 0.25) is 5.02 Å². The van der Waals surface area contributed by atoms with Gasteiger partial charge in [0.2, 0.25) is 0 Å². The summed E-state index contributed by atoms with van der Waals surface area (Å²) in [7, 11) is 0. The molecule has 1 unspecified atom stereocenters. The van der Waals surface area contributed by atoms with Crippen LogP contribution >= 0.6 is 11.6 Å². The van der Waals surface area contributed by atoms with Crippen molar-refractivity contribution in [2.45, 2.75) is 25.9 Å². The Balaban J connectivity index is 2.01. The fourth-order valence-electron chi connectivity index (χ4n) is 2.79. The van der Waals surface area contributed by atoms with Gasteiger partial charge in [-0.25, -0.2) is 0 Å². The molecule has 0 aromatic heterocycles. The van der Waals surface area contributed by atoms with Crippen LogP contribution in [0, 0.1) is 0 Å². The number of halogens is 1. The lowest BCUT2D eigenvalue weighted by molar-refractivity contribution is 0.0680. The Bertz CT molecular complexity index is 686. The lowest BCUT2D eigenvalue weighted by atomic mass is 10.0. The van der Waals surface area contributed by atoms with Crippen LogP contribution < -0.4 is 5.32 Å². The van der Waals surface area contributed by atoms with Crippen molar-refractivity contribution in [2.24, 2.45) is 0 Å². The number of para-hydroxylation sites is 1. The summed E-state index contributed by atoms with van der Waals surface area (Å²) in [6, 6.07) is 15.3. The smallest absolute Gasteiger partial charge is 0.257 e. The molecule has 3 nitrogen and oxygen atoms in total. The first-order chi connectivity index (χ1) is 10.7. The largest absolute Gasteiger partial charge is 0.361 e. The fourth-order valence-corrected chi connectivity index (χ4v) is 2.99. The molecular weight excluding hydrogens is 296 g/mol. The zero-order valence-corrected chi connectivity index (χ0v) is 13.3. The van der Waals surface area contributed by atoms with E-state index in [2.05, 4.69) is 12.2 Å². The molecule has 0 saturated carbocycles. The van der Waals surface area contributed by atoms with E-state index in [0.29, 0.717) is 5.02 Å². The second-order valence-corrected chi connectivity index (χ2v) is 5.94. The number of benzene rings is 2. The van der Waals surface area contributed by atoms with Gasteiger partial charge in [0.1, 0.15) is 6.17 Å². The molecule has 1 aliphatic rings. The lowest BCUT2D eigenvalue weighted by Crippen LogP contribution is -2.43. The van der Waals surface area contributed by atoms with Crippen molar-refractivity contribution in [2.75, 3.05) is 11.9 Å². The van der Waals surface area contributed by atoms with Gasteiger partial charge in [0.25, 0.3) is 5.91 Å². The zero-order valence-electron chi connectivity index (χ0n) is 12.6. The number of hydrogen-bond acceptors (Lipinski definition) is 2. The van der Waals surface area contributed by atoms with Crippen molar-refractivity contribution < 1.29 is 4.79 Å². The van der Waals surface area contributed by atoms with Gasteiger partial charge in [-0.05, 0) is 36.2 Å². The summed E-state index contributed by atoms with van der Waals surface area (Å²) in [6.07, 6.45) is 1.85. The van der Waals surface area contributed by atoms with E-state index in [1.165, 1.54) is 0 Å². The maximum Gasteiger partial charge on any atom is 0.257 e. The monoisotopic (exact) mass is 314 g/mol. The Morgan fingerprint density at radius 1 is 1.18 bits per heavy atom. The van der Waals surface area contributed by atoms with Crippen molar-refractivity contribution in [3.63, 3.8) is 0 Å². The van der Waals surface area contributed by atoms with E-state index in [4.69, 9.17) is 11.6 Å². The highest BCUT2D eigenvalue weighted by atomic mass is 35.5. The molecular formula is C18H19ClN2O. The van der Waals surface area contributed by atoms with Crippen molar-refractivity contribution in [1.29, 1.82) is 0 Å². The minimum absolute atomic E-state index is 0.0766. The van der Waals surface area contributed by atoms with Crippen molar-refractivity contribution in [1.82, 2.24) is 4.90 Å². The van der Waals surface area contributed by atoms with Gasteiger partial charge in [0.05, 0.1) is 5.56 Å². The third-order valence-corrected chi connectivity index (χ3v) is 4.17. The van der Waals surface area contributed by atoms with Crippen molar-refractivity contribution in [3.05, 3.63) is 64.7 Å². The summed E-state index contributed by atoms with van der Waals surface area (Å²) in [4.78, 5) is 14.7. The number of unbranched alkanes of at least 4 members (excludes halogenated alkanes) is 1. The number of anilines is 1. The average Bonchev–Trinajstić information content (AvgIpc) is 2.54. The summed E-state index contributed by atoms with van der Waals surface area (Å²) < 4.78 is 0. The molecule has 1 atom stereocenters. The predicted molar refractivity (Wildman–Crippen MR) is 90.2 cm³/mol. The van der Waals surface area contributed by atoms with Gasteiger partial charge >= 0.3 is 0 Å². The molecule has 0 aliphatic carbocycles. The number of amides is 1. The molecule has 1 amide bonds. The van der Waals surface area contributed by atoms with Gasteiger partial charge in [-0.3, -0.25) is 4.79 Å². The van der Waals surface area contributed by atoms with Crippen LogP contribution in [0.1, 0.15) is 41.9 Å². The minimum atomic E-state index is -0.173. The van der Waals surface area contributed by atoms with E-state index < -0.39 is 0 Å². The lowest BCUT2D eigenvalue weighted by Gasteiger charge is -2.38. The first-order valence-corrected chi connectivity index (χ1v) is 8.00. The Labute approximate surface area is 135 Å². The van der Waals surface area contributed by atoms with E-state index in [1.807, 2.05) is 53.4 Å². The van der Waals surface area contributed by atoms with Crippen LogP contribution in [0.4, 0.5) is 5.69 Å². The summed E-state index contributed by atoms with van der Waals surface area (Å²) in [6.45, 7) is 2.86. The number of fused-ring (bicyclic) bond motifs is 1.